The fourth-order valence-corrected chi connectivity index (χ4v) is 1.42. The van der Waals surface area contributed by atoms with Gasteiger partial charge in [-0.15, -0.1) is 0 Å². The number of methoxy groups -OCH3 is 1. The van der Waals surface area contributed by atoms with E-state index in [1.165, 1.54) is 25.3 Å². The molecule has 94 valence electrons. The summed E-state index contributed by atoms with van der Waals surface area (Å²) in [4.78, 5) is 10.6. The SMILES string of the molecule is COc1ccc(C(F)F)cc1CC(N)C(=O)O. The van der Waals surface area contributed by atoms with Gasteiger partial charge in [0.05, 0.1) is 7.11 Å². The standard InChI is InChI=1S/C11H13F2NO3/c1-17-9-3-2-6(10(12)13)4-7(9)5-8(14)11(15)16/h2-4,8,10H,5,14H2,1H3,(H,15,16). The van der Waals surface area contributed by atoms with Crippen LogP contribution in [0.25, 0.3) is 0 Å². The lowest BCUT2D eigenvalue weighted by atomic mass is 10.0. The van der Waals surface area contributed by atoms with Crippen LogP contribution >= 0.6 is 0 Å². The van der Waals surface area contributed by atoms with Gasteiger partial charge in [0.1, 0.15) is 11.8 Å². The highest BCUT2D eigenvalue weighted by Gasteiger charge is 2.17. The zero-order valence-corrected chi connectivity index (χ0v) is 9.19. The van der Waals surface area contributed by atoms with E-state index < -0.39 is 18.4 Å². The molecule has 4 nitrogen and oxygen atoms in total. The van der Waals surface area contributed by atoms with Gasteiger partial charge in [0.25, 0.3) is 6.43 Å². The number of benzene rings is 1. The van der Waals surface area contributed by atoms with Gasteiger partial charge in [-0.25, -0.2) is 8.78 Å². The van der Waals surface area contributed by atoms with E-state index in [1.807, 2.05) is 0 Å². The van der Waals surface area contributed by atoms with E-state index in [-0.39, 0.29) is 12.0 Å². The van der Waals surface area contributed by atoms with Crippen molar-refractivity contribution >= 4 is 5.97 Å². The molecule has 0 aliphatic rings. The largest absolute Gasteiger partial charge is 0.496 e. The van der Waals surface area contributed by atoms with Crippen LogP contribution in [-0.2, 0) is 11.2 Å². The Morgan fingerprint density at radius 2 is 2.18 bits per heavy atom. The third-order valence-corrected chi connectivity index (χ3v) is 2.31. The number of carboxylic acids is 1. The van der Waals surface area contributed by atoms with E-state index in [0.29, 0.717) is 11.3 Å². The van der Waals surface area contributed by atoms with Crippen molar-refractivity contribution in [3.8, 4) is 5.75 Å². The van der Waals surface area contributed by atoms with Crippen molar-refractivity contribution in [1.82, 2.24) is 0 Å². The van der Waals surface area contributed by atoms with Crippen LogP contribution in [0.2, 0.25) is 0 Å². The van der Waals surface area contributed by atoms with Gasteiger partial charge in [0.15, 0.2) is 0 Å². The minimum Gasteiger partial charge on any atom is -0.496 e. The molecule has 0 bridgehead atoms. The number of aliphatic carboxylic acids is 1. The van der Waals surface area contributed by atoms with Crippen LogP contribution in [0.1, 0.15) is 17.6 Å². The maximum atomic E-state index is 12.5. The molecule has 1 aromatic rings. The normalized spacial score (nSPS) is 12.5. The Bertz CT molecular complexity index is 410. The topological polar surface area (TPSA) is 72.5 Å². The Kier molecular flexibility index (Phi) is 4.39. The van der Waals surface area contributed by atoms with E-state index in [1.54, 1.807) is 0 Å². The summed E-state index contributed by atoms with van der Waals surface area (Å²) in [5.74, 6) is -0.833. The van der Waals surface area contributed by atoms with E-state index in [9.17, 15) is 13.6 Å². The molecule has 1 aromatic carbocycles. The molecule has 0 amide bonds. The molecule has 1 atom stereocenters. The average Bonchev–Trinajstić information content (AvgIpc) is 2.28. The number of rotatable bonds is 5. The van der Waals surface area contributed by atoms with Gasteiger partial charge in [-0.2, -0.15) is 0 Å². The lowest BCUT2D eigenvalue weighted by Crippen LogP contribution is -2.32. The predicted molar refractivity (Wildman–Crippen MR) is 57.3 cm³/mol. The van der Waals surface area contributed by atoms with Gasteiger partial charge < -0.3 is 15.6 Å². The number of halogens is 2. The fourth-order valence-electron chi connectivity index (χ4n) is 1.42. The molecule has 0 saturated heterocycles. The molecule has 0 aliphatic carbocycles. The first-order chi connectivity index (χ1) is 7.95. The molecule has 0 aliphatic heterocycles. The Morgan fingerprint density at radius 3 is 2.65 bits per heavy atom. The van der Waals surface area contributed by atoms with Crippen LogP contribution < -0.4 is 10.5 Å². The van der Waals surface area contributed by atoms with E-state index >= 15 is 0 Å². The number of carbonyl (C=O) groups is 1. The summed E-state index contributed by atoms with van der Waals surface area (Å²) in [6.45, 7) is 0. The Balaban J connectivity index is 3.01. The van der Waals surface area contributed by atoms with Crippen LogP contribution in [0.15, 0.2) is 18.2 Å². The van der Waals surface area contributed by atoms with Gasteiger partial charge in [0, 0.05) is 12.0 Å². The maximum absolute atomic E-state index is 12.5. The molecule has 0 fully saturated rings. The maximum Gasteiger partial charge on any atom is 0.320 e. The Labute approximate surface area is 97.0 Å². The monoisotopic (exact) mass is 245 g/mol. The summed E-state index contributed by atoms with van der Waals surface area (Å²) in [6.07, 6.45) is -2.67. The third kappa shape index (κ3) is 3.39. The molecular formula is C11H13F2NO3. The number of hydrogen-bond donors (Lipinski definition) is 2. The highest BCUT2D eigenvalue weighted by Crippen LogP contribution is 2.26. The molecule has 3 N–H and O–H groups in total. The molecule has 0 radical (unpaired) electrons. The average molecular weight is 245 g/mol. The molecule has 0 heterocycles. The van der Waals surface area contributed by atoms with E-state index in [4.69, 9.17) is 15.6 Å². The Morgan fingerprint density at radius 1 is 1.53 bits per heavy atom. The van der Waals surface area contributed by atoms with Gasteiger partial charge in [-0.3, -0.25) is 4.79 Å². The summed E-state index contributed by atoms with van der Waals surface area (Å²) < 4.78 is 29.9. The molecule has 0 spiro atoms. The summed E-state index contributed by atoms with van der Waals surface area (Å²) in [5, 5.41) is 8.67. The zero-order chi connectivity index (χ0) is 13.0. The first kappa shape index (κ1) is 13.4. The van der Waals surface area contributed by atoms with Crippen molar-refractivity contribution in [2.24, 2.45) is 5.73 Å². The molecule has 0 saturated carbocycles. The second kappa shape index (κ2) is 5.58. The summed E-state index contributed by atoms with van der Waals surface area (Å²) >= 11 is 0. The van der Waals surface area contributed by atoms with Crippen molar-refractivity contribution in [2.75, 3.05) is 7.11 Å². The number of ether oxygens (including phenoxy) is 1. The highest BCUT2D eigenvalue weighted by molar-refractivity contribution is 5.73. The fraction of sp³-hybridized carbons (Fsp3) is 0.364. The van der Waals surface area contributed by atoms with Crippen molar-refractivity contribution in [3.05, 3.63) is 29.3 Å². The van der Waals surface area contributed by atoms with E-state index in [2.05, 4.69) is 0 Å². The van der Waals surface area contributed by atoms with E-state index in [0.717, 1.165) is 0 Å². The van der Waals surface area contributed by atoms with Crippen LogP contribution in [0.4, 0.5) is 8.78 Å². The smallest absolute Gasteiger partial charge is 0.320 e. The summed E-state index contributed by atoms with van der Waals surface area (Å²) in [6, 6.07) is 2.69. The Hall–Kier alpha value is -1.69. The summed E-state index contributed by atoms with van der Waals surface area (Å²) in [7, 11) is 1.38. The first-order valence-corrected chi connectivity index (χ1v) is 4.89. The van der Waals surface area contributed by atoms with Crippen molar-refractivity contribution in [1.29, 1.82) is 0 Å². The second-order valence-electron chi connectivity index (χ2n) is 3.52. The number of alkyl halides is 2. The predicted octanol–water partition coefficient (Wildman–Crippen LogP) is 1.59. The van der Waals surface area contributed by atoms with Crippen molar-refractivity contribution in [3.63, 3.8) is 0 Å². The zero-order valence-electron chi connectivity index (χ0n) is 9.19. The number of hydrogen-bond acceptors (Lipinski definition) is 3. The number of carboxylic acid groups (broad SMARTS) is 1. The first-order valence-electron chi connectivity index (χ1n) is 4.89. The quantitative estimate of drug-likeness (QED) is 0.826. The second-order valence-corrected chi connectivity index (χ2v) is 3.52. The minimum absolute atomic E-state index is 0.0565. The molecule has 1 unspecified atom stereocenters. The molecular weight excluding hydrogens is 232 g/mol. The molecule has 17 heavy (non-hydrogen) atoms. The van der Waals surface area contributed by atoms with Crippen LogP contribution in [0, 0.1) is 0 Å². The van der Waals surface area contributed by atoms with Gasteiger partial charge in [0.2, 0.25) is 0 Å². The van der Waals surface area contributed by atoms with Crippen molar-refractivity contribution < 1.29 is 23.4 Å². The third-order valence-electron chi connectivity index (χ3n) is 2.31. The highest BCUT2D eigenvalue weighted by atomic mass is 19.3. The summed E-state index contributed by atoms with van der Waals surface area (Å²) in [5.41, 5.74) is 5.53. The van der Waals surface area contributed by atoms with Gasteiger partial charge in [-0.05, 0) is 23.8 Å². The van der Waals surface area contributed by atoms with Gasteiger partial charge in [-0.1, -0.05) is 0 Å². The van der Waals surface area contributed by atoms with Gasteiger partial charge >= 0.3 is 5.97 Å². The molecule has 1 rings (SSSR count). The lowest BCUT2D eigenvalue weighted by molar-refractivity contribution is -0.138. The van der Waals surface area contributed by atoms with Crippen LogP contribution in [-0.4, -0.2) is 24.2 Å². The van der Waals surface area contributed by atoms with Crippen LogP contribution in [0.3, 0.4) is 0 Å². The van der Waals surface area contributed by atoms with Crippen molar-refractivity contribution in [2.45, 2.75) is 18.9 Å². The molecule has 6 heteroatoms. The minimum atomic E-state index is -2.61. The molecule has 0 aromatic heterocycles. The van der Waals surface area contributed by atoms with Crippen LogP contribution in [0.5, 0.6) is 5.75 Å². The lowest BCUT2D eigenvalue weighted by Gasteiger charge is -2.12. The number of nitrogens with two attached hydrogens (primary N) is 1.